The lowest BCUT2D eigenvalue weighted by Crippen LogP contribution is -2.32. The summed E-state index contributed by atoms with van der Waals surface area (Å²) in [6.45, 7) is 14.4. The first-order valence-corrected chi connectivity index (χ1v) is 11.6. The zero-order chi connectivity index (χ0) is 20.8. The molecule has 0 saturated heterocycles. The number of hydrogen-bond acceptors (Lipinski definition) is 4. The molecule has 0 spiro atoms. The van der Waals surface area contributed by atoms with Crippen molar-refractivity contribution < 1.29 is 0 Å². The summed E-state index contributed by atoms with van der Waals surface area (Å²) < 4.78 is 0. The van der Waals surface area contributed by atoms with E-state index in [4.69, 9.17) is 19.9 Å². The van der Waals surface area contributed by atoms with E-state index < -0.39 is 0 Å². The minimum atomic E-state index is 0.129. The molecular formula is C26H30N4. The van der Waals surface area contributed by atoms with E-state index in [1.165, 1.54) is 48.5 Å². The van der Waals surface area contributed by atoms with E-state index in [-0.39, 0.29) is 21.7 Å². The van der Waals surface area contributed by atoms with Gasteiger partial charge in [-0.15, -0.1) is 0 Å². The van der Waals surface area contributed by atoms with Crippen LogP contribution in [0.2, 0.25) is 0 Å². The van der Waals surface area contributed by atoms with Crippen LogP contribution >= 0.6 is 0 Å². The smallest absolute Gasteiger partial charge is 0.0913 e. The predicted molar refractivity (Wildman–Crippen MR) is 119 cm³/mol. The van der Waals surface area contributed by atoms with Gasteiger partial charge in [0.25, 0.3) is 0 Å². The van der Waals surface area contributed by atoms with E-state index >= 15 is 0 Å². The quantitative estimate of drug-likeness (QED) is 0.441. The Bertz CT molecular complexity index is 1200. The lowest BCUT2D eigenvalue weighted by molar-refractivity contribution is 0.227. The van der Waals surface area contributed by atoms with Crippen LogP contribution in [0.15, 0.2) is 12.1 Å². The van der Waals surface area contributed by atoms with E-state index in [1.807, 2.05) is 0 Å². The van der Waals surface area contributed by atoms with Gasteiger partial charge in [0.05, 0.1) is 44.8 Å². The van der Waals surface area contributed by atoms with Crippen LogP contribution < -0.4 is 0 Å². The summed E-state index contributed by atoms with van der Waals surface area (Å²) in [5.41, 5.74) is 9.58. The molecule has 2 heterocycles. The van der Waals surface area contributed by atoms with Gasteiger partial charge in [0.15, 0.2) is 0 Å². The average Bonchev–Trinajstić information content (AvgIpc) is 3.19. The Labute approximate surface area is 177 Å². The van der Waals surface area contributed by atoms with E-state index in [2.05, 4.69) is 53.7 Å². The Balaban J connectivity index is 1.49. The molecule has 2 fully saturated rings. The second-order valence-corrected chi connectivity index (χ2v) is 12.0. The zero-order valence-corrected chi connectivity index (χ0v) is 18.9. The van der Waals surface area contributed by atoms with E-state index in [0.717, 1.165) is 22.1 Å². The maximum Gasteiger partial charge on any atom is 0.0913 e. The van der Waals surface area contributed by atoms with E-state index in [9.17, 15) is 0 Å². The molecular weight excluding hydrogens is 368 g/mol. The Kier molecular flexibility index (Phi) is 2.76. The summed E-state index contributed by atoms with van der Waals surface area (Å²) >= 11 is 0. The van der Waals surface area contributed by atoms with Crippen molar-refractivity contribution >= 4 is 22.1 Å². The molecule has 0 radical (unpaired) electrons. The van der Waals surface area contributed by atoms with Crippen LogP contribution in [0, 0.1) is 10.8 Å². The molecule has 4 bridgehead atoms. The molecule has 154 valence electrons. The Morgan fingerprint density at radius 3 is 1.37 bits per heavy atom. The van der Waals surface area contributed by atoms with Gasteiger partial charge in [0.2, 0.25) is 0 Å². The van der Waals surface area contributed by atoms with Crippen molar-refractivity contribution in [3.63, 3.8) is 0 Å². The number of fused-ring (bicyclic) bond motifs is 12. The van der Waals surface area contributed by atoms with Crippen LogP contribution in [0.5, 0.6) is 0 Å². The normalized spacial score (nSPS) is 36.6. The van der Waals surface area contributed by atoms with Gasteiger partial charge in [-0.25, -0.2) is 19.9 Å². The maximum absolute atomic E-state index is 5.21. The molecule has 4 atom stereocenters. The molecule has 0 aliphatic heterocycles. The predicted octanol–water partition coefficient (Wildman–Crippen LogP) is 5.92. The molecule has 4 nitrogen and oxygen atoms in total. The summed E-state index contributed by atoms with van der Waals surface area (Å²) in [7, 11) is 0. The highest BCUT2D eigenvalue weighted by Gasteiger charge is 2.62. The van der Waals surface area contributed by atoms with Crippen LogP contribution in [0.1, 0.15) is 102 Å². The van der Waals surface area contributed by atoms with Crippen LogP contribution in [-0.4, -0.2) is 19.9 Å². The van der Waals surface area contributed by atoms with Crippen LogP contribution in [0.4, 0.5) is 0 Å². The molecule has 7 rings (SSSR count). The van der Waals surface area contributed by atoms with Crippen molar-refractivity contribution in [2.24, 2.45) is 10.8 Å². The fourth-order valence-corrected chi connectivity index (χ4v) is 7.74. The minimum Gasteiger partial charge on any atom is -0.249 e. The van der Waals surface area contributed by atoms with E-state index in [1.54, 1.807) is 0 Å². The average molecular weight is 399 g/mol. The van der Waals surface area contributed by atoms with Crippen molar-refractivity contribution in [3.8, 4) is 0 Å². The number of rotatable bonds is 0. The molecule has 4 aliphatic carbocycles. The summed E-state index contributed by atoms with van der Waals surface area (Å²) in [4.78, 5) is 20.8. The van der Waals surface area contributed by atoms with Crippen molar-refractivity contribution in [2.45, 2.75) is 89.9 Å². The number of hydrogen-bond donors (Lipinski definition) is 0. The van der Waals surface area contributed by atoms with Gasteiger partial charge in [0, 0.05) is 22.7 Å². The maximum atomic E-state index is 5.21. The summed E-state index contributed by atoms with van der Waals surface area (Å²) in [5, 5.41) is 0. The number of nitrogens with zero attached hydrogens (tertiary/aromatic N) is 4. The molecule has 2 aromatic heterocycles. The summed E-state index contributed by atoms with van der Waals surface area (Å²) in [6, 6.07) is 4.30. The molecule has 3 aromatic rings. The van der Waals surface area contributed by atoms with Crippen LogP contribution in [-0.2, 0) is 10.8 Å². The second-order valence-electron chi connectivity index (χ2n) is 12.0. The minimum absolute atomic E-state index is 0.129. The summed E-state index contributed by atoms with van der Waals surface area (Å²) in [6.07, 6.45) is 4.89. The Morgan fingerprint density at radius 1 is 0.600 bits per heavy atom. The molecule has 1 aromatic carbocycles. The van der Waals surface area contributed by atoms with Gasteiger partial charge in [-0.1, -0.05) is 41.5 Å². The van der Waals surface area contributed by atoms with Gasteiger partial charge < -0.3 is 0 Å². The standard InChI is InChI=1S/C26H30N4/c1-23(2)13-7-9-25(23,5)21-19(13)27-15-11-18-16(12-17(15)29-21)28-20-14-8-10-26(6,22(20)30-18)24(14,3)4/h11-14H,7-10H2,1-6H3/t13-,14-,25+,26+/m1/s1. The Morgan fingerprint density at radius 2 is 0.967 bits per heavy atom. The number of aromatic nitrogens is 4. The highest BCUT2D eigenvalue weighted by molar-refractivity contribution is 5.91. The number of benzene rings is 1. The first-order valence-electron chi connectivity index (χ1n) is 11.6. The van der Waals surface area contributed by atoms with Crippen molar-refractivity contribution in [2.75, 3.05) is 0 Å². The van der Waals surface area contributed by atoms with Crippen LogP contribution in [0.3, 0.4) is 0 Å². The second kappa shape index (κ2) is 4.71. The fourth-order valence-electron chi connectivity index (χ4n) is 7.74. The zero-order valence-electron chi connectivity index (χ0n) is 18.9. The topological polar surface area (TPSA) is 51.6 Å². The molecule has 2 saturated carbocycles. The van der Waals surface area contributed by atoms with Crippen molar-refractivity contribution in [3.05, 3.63) is 34.9 Å². The third kappa shape index (κ3) is 1.61. The van der Waals surface area contributed by atoms with Crippen molar-refractivity contribution in [1.82, 2.24) is 19.9 Å². The fraction of sp³-hybridized carbons (Fsp3) is 0.615. The first-order chi connectivity index (χ1) is 14.1. The highest BCUT2D eigenvalue weighted by atomic mass is 14.9. The summed E-state index contributed by atoms with van der Waals surface area (Å²) in [5.74, 6) is 1.04. The lowest BCUT2D eigenvalue weighted by Gasteiger charge is -2.34. The molecule has 0 amide bonds. The lowest BCUT2D eigenvalue weighted by atomic mass is 9.70. The van der Waals surface area contributed by atoms with E-state index in [0.29, 0.717) is 11.8 Å². The molecule has 4 heteroatoms. The molecule has 0 N–H and O–H groups in total. The van der Waals surface area contributed by atoms with Gasteiger partial charge in [-0.05, 0) is 48.6 Å². The SMILES string of the molecule is CC1(C)[C@@H]2CC[C@@]1(C)c1nc3cc4nc5c(nc4cc3nc12)[C@]1(C)CC[C@H]5C1(C)C. The third-order valence-electron chi connectivity index (χ3n) is 10.7. The molecule has 30 heavy (non-hydrogen) atoms. The first kappa shape index (κ1) is 17.6. The Hall–Kier alpha value is -2.10. The van der Waals surface area contributed by atoms with Gasteiger partial charge in [-0.3, -0.25) is 0 Å². The third-order valence-corrected chi connectivity index (χ3v) is 10.7. The van der Waals surface area contributed by atoms with Gasteiger partial charge >= 0.3 is 0 Å². The van der Waals surface area contributed by atoms with Gasteiger partial charge in [-0.2, -0.15) is 0 Å². The monoisotopic (exact) mass is 398 g/mol. The van der Waals surface area contributed by atoms with Gasteiger partial charge in [0.1, 0.15) is 0 Å². The highest BCUT2D eigenvalue weighted by Crippen LogP contribution is 2.68. The molecule has 4 aliphatic rings. The largest absolute Gasteiger partial charge is 0.249 e. The molecule has 0 unspecified atom stereocenters. The van der Waals surface area contributed by atoms with Crippen molar-refractivity contribution in [1.29, 1.82) is 0 Å². The van der Waals surface area contributed by atoms with Crippen LogP contribution in [0.25, 0.3) is 22.1 Å².